The minimum atomic E-state index is 0. The summed E-state index contributed by atoms with van der Waals surface area (Å²) in [5, 5.41) is 7.11. The predicted octanol–water partition coefficient (Wildman–Crippen LogP) is 12.5. The number of hydrogen-bond donors (Lipinski definition) is 0. The van der Waals surface area contributed by atoms with Gasteiger partial charge in [-0.05, 0) is 94.0 Å². The van der Waals surface area contributed by atoms with Gasteiger partial charge in [-0.15, -0.1) is 35.7 Å². The fourth-order valence-corrected chi connectivity index (χ4v) is 6.88. The number of fused-ring (bicyclic) bond motifs is 3. The fourth-order valence-electron chi connectivity index (χ4n) is 6.88. The zero-order chi connectivity index (χ0) is 36.6. The summed E-state index contributed by atoms with van der Waals surface area (Å²) in [6.45, 7) is 18.3. The third kappa shape index (κ3) is 8.68. The van der Waals surface area contributed by atoms with Crippen LogP contribution in [0.5, 0.6) is 11.5 Å². The van der Waals surface area contributed by atoms with E-state index in [0.29, 0.717) is 17.4 Å². The van der Waals surface area contributed by atoms with Crippen LogP contribution in [-0.4, -0.2) is 19.3 Å². The smallest absolute Gasteiger partial charge is 0.509 e. The van der Waals surface area contributed by atoms with Crippen LogP contribution in [0.2, 0.25) is 0 Å². The number of ether oxygens (including phenoxy) is 1. The molecule has 0 radical (unpaired) electrons. The molecule has 3 aromatic heterocycles. The molecular weight excluding hydrogens is 832 g/mol. The van der Waals surface area contributed by atoms with Gasteiger partial charge in [-0.1, -0.05) is 97.3 Å². The first-order valence-electron chi connectivity index (χ1n) is 18.6. The second kappa shape index (κ2) is 15.5. The summed E-state index contributed by atoms with van der Waals surface area (Å²) in [4.78, 5) is 4.79. The first kappa shape index (κ1) is 38.3. The van der Waals surface area contributed by atoms with Crippen LogP contribution in [0.3, 0.4) is 0 Å². The van der Waals surface area contributed by atoms with Gasteiger partial charge in [-0.3, -0.25) is 4.68 Å². The molecule has 0 saturated carbocycles. The Morgan fingerprint density at radius 3 is 2.11 bits per heavy atom. The van der Waals surface area contributed by atoms with E-state index in [2.05, 4.69) is 139 Å². The molecule has 0 bridgehead atoms. The molecule has 0 aliphatic heterocycles. The number of aryl methyl sites for hydroxylation is 2. The molecule has 0 N–H and O–H groups in total. The van der Waals surface area contributed by atoms with Crippen LogP contribution in [-0.2, 0) is 33.9 Å². The summed E-state index contributed by atoms with van der Waals surface area (Å²) in [7, 11) is 0. The summed E-state index contributed by atoms with van der Waals surface area (Å²) >= 11 is 0. The normalized spacial score (nSPS) is 12.1. The van der Waals surface area contributed by atoms with Crippen molar-refractivity contribution in [3.05, 3.63) is 132 Å². The van der Waals surface area contributed by atoms with Gasteiger partial charge in [-0.25, -0.2) is 4.98 Å². The van der Waals surface area contributed by atoms with Crippen molar-refractivity contribution in [2.45, 2.75) is 87.0 Å². The van der Waals surface area contributed by atoms with E-state index in [4.69, 9.17) is 14.8 Å². The van der Waals surface area contributed by atoms with Gasteiger partial charge in [0.05, 0.1) is 6.20 Å². The number of hydrogen-bond acceptors (Lipinski definition) is 3. The van der Waals surface area contributed by atoms with E-state index >= 15 is 0 Å². The Balaban J connectivity index is 0.00000481. The molecule has 0 atom stereocenters. The van der Waals surface area contributed by atoms with Gasteiger partial charge in [0.15, 0.2) is 0 Å². The molecule has 274 valence electrons. The SMILES string of the molecule is CC(C)c1ccnc(-n2c3[c-]c(Oc4[c-]c(-n5cc(-c6c(CCC(C)(C)C)cccc6CCC(C)(C)C)cn5)ccc4)ccc3c3ccccc32)c1.[Pt+2]. The number of nitrogens with zero attached hydrogens (tertiary/aromatic N) is 4. The Hall–Kier alpha value is -4.47. The van der Waals surface area contributed by atoms with Crippen LogP contribution >= 0.6 is 0 Å². The summed E-state index contributed by atoms with van der Waals surface area (Å²) in [5.74, 6) is 2.48. The maximum atomic E-state index is 6.47. The Morgan fingerprint density at radius 2 is 1.42 bits per heavy atom. The standard InChI is InChI=1S/C47H50N4O.Pt/c1-32(2)35-23-26-48-44(27-35)51-42-18-10-9-17-40(42)41-20-19-39(29-43(41)51)52-38-16-12-15-37(28-38)50-31-36(30-49-50)45-33(21-24-46(3,4)5)13-11-14-34(45)22-25-47(6,7)8;/h9-20,23,26-27,30-32H,21-22,24-25H2,1-8H3;/q-2;+2. The Kier molecular flexibility index (Phi) is 11.2. The van der Waals surface area contributed by atoms with Crippen molar-refractivity contribution in [2.75, 3.05) is 0 Å². The number of para-hydroxylation sites is 1. The van der Waals surface area contributed by atoms with Crippen molar-refractivity contribution >= 4 is 21.8 Å². The zero-order valence-corrected chi connectivity index (χ0v) is 34.5. The minimum absolute atomic E-state index is 0. The van der Waals surface area contributed by atoms with Crippen LogP contribution in [0.1, 0.15) is 90.8 Å². The number of aromatic nitrogens is 4. The molecule has 4 aromatic carbocycles. The molecule has 5 nitrogen and oxygen atoms in total. The van der Waals surface area contributed by atoms with Gasteiger partial charge in [0.2, 0.25) is 0 Å². The summed E-state index contributed by atoms with van der Waals surface area (Å²) in [5.41, 5.74) is 9.81. The molecule has 7 aromatic rings. The van der Waals surface area contributed by atoms with Crippen molar-refractivity contribution in [2.24, 2.45) is 10.8 Å². The van der Waals surface area contributed by atoms with Gasteiger partial charge in [0.1, 0.15) is 5.82 Å². The number of benzene rings is 4. The molecule has 0 fully saturated rings. The van der Waals surface area contributed by atoms with E-state index in [9.17, 15) is 0 Å². The van der Waals surface area contributed by atoms with Crippen LogP contribution in [0.15, 0.2) is 104 Å². The third-order valence-electron chi connectivity index (χ3n) is 9.84. The molecule has 0 unspecified atom stereocenters. The molecule has 0 spiro atoms. The van der Waals surface area contributed by atoms with Gasteiger partial charge in [-0.2, -0.15) is 17.2 Å². The molecule has 3 heterocycles. The second-order valence-electron chi connectivity index (χ2n) is 16.8. The third-order valence-corrected chi connectivity index (χ3v) is 9.84. The van der Waals surface area contributed by atoms with Crippen LogP contribution in [0.25, 0.3) is 44.4 Å². The number of pyridine rings is 1. The molecule has 0 saturated heterocycles. The van der Waals surface area contributed by atoms with Crippen molar-refractivity contribution < 1.29 is 25.8 Å². The number of rotatable bonds is 10. The van der Waals surface area contributed by atoms with Crippen LogP contribution in [0.4, 0.5) is 0 Å². The Labute approximate surface area is 329 Å². The minimum Gasteiger partial charge on any atom is -0.509 e. The summed E-state index contributed by atoms with van der Waals surface area (Å²) in [6.07, 6.45) is 10.3. The van der Waals surface area contributed by atoms with E-state index in [1.807, 2.05) is 41.3 Å². The summed E-state index contributed by atoms with van der Waals surface area (Å²) in [6, 6.07) is 36.6. The van der Waals surface area contributed by atoms with E-state index in [1.165, 1.54) is 22.3 Å². The maximum absolute atomic E-state index is 6.47. The van der Waals surface area contributed by atoms with Gasteiger partial charge in [0, 0.05) is 35.0 Å². The zero-order valence-electron chi connectivity index (χ0n) is 32.2. The molecule has 6 heteroatoms. The van der Waals surface area contributed by atoms with Crippen molar-refractivity contribution in [1.29, 1.82) is 0 Å². The maximum Gasteiger partial charge on any atom is 2.00 e. The van der Waals surface area contributed by atoms with Gasteiger partial charge >= 0.3 is 21.1 Å². The molecule has 0 amide bonds. The van der Waals surface area contributed by atoms with Crippen LogP contribution < -0.4 is 4.74 Å². The van der Waals surface area contributed by atoms with E-state index in [1.54, 1.807) is 0 Å². The Bertz CT molecular complexity index is 2320. The predicted molar refractivity (Wildman–Crippen MR) is 215 cm³/mol. The largest absolute Gasteiger partial charge is 2.00 e. The average Bonchev–Trinajstić information content (AvgIpc) is 3.72. The molecule has 53 heavy (non-hydrogen) atoms. The molecule has 7 rings (SSSR count). The van der Waals surface area contributed by atoms with E-state index in [-0.39, 0.29) is 31.9 Å². The van der Waals surface area contributed by atoms with Crippen molar-refractivity contribution in [1.82, 2.24) is 19.3 Å². The average molecular weight is 882 g/mol. The quantitative estimate of drug-likeness (QED) is 0.129. The molecule has 0 aliphatic carbocycles. The van der Waals surface area contributed by atoms with E-state index < -0.39 is 0 Å². The second-order valence-corrected chi connectivity index (χ2v) is 16.8. The van der Waals surface area contributed by atoms with Gasteiger partial charge < -0.3 is 9.30 Å². The first-order valence-corrected chi connectivity index (χ1v) is 18.6. The van der Waals surface area contributed by atoms with E-state index in [0.717, 1.165) is 64.6 Å². The van der Waals surface area contributed by atoms with Crippen molar-refractivity contribution in [3.63, 3.8) is 0 Å². The molecule has 0 aliphatic rings. The van der Waals surface area contributed by atoms with Crippen LogP contribution in [0, 0.1) is 23.0 Å². The Morgan fingerprint density at radius 1 is 0.736 bits per heavy atom. The fraction of sp³-hybridized carbons (Fsp3) is 0.319. The van der Waals surface area contributed by atoms with Crippen molar-refractivity contribution in [3.8, 4) is 34.1 Å². The summed E-state index contributed by atoms with van der Waals surface area (Å²) < 4.78 is 10.6. The topological polar surface area (TPSA) is 44.9 Å². The monoisotopic (exact) mass is 881 g/mol. The van der Waals surface area contributed by atoms with Gasteiger partial charge in [0.25, 0.3) is 0 Å². The first-order chi connectivity index (χ1) is 24.8. The molecular formula is C47H50N4OPt.